The molecule has 1 heterocycles. The van der Waals surface area contributed by atoms with Crippen molar-refractivity contribution in [2.24, 2.45) is 0 Å². The maximum atomic E-state index is 11.6. The normalized spacial score (nSPS) is 12.4. The first-order chi connectivity index (χ1) is 9.81. The molecule has 0 fully saturated rings. The second-order valence-corrected chi connectivity index (χ2v) is 5.72. The molecule has 118 valence electrons. The van der Waals surface area contributed by atoms with Gasteiger partial charge in [-0.1, -0.05) is 0 Å². The molecule has 0 aliphatic heterocycles. The Bertz CT molecular complexity index is 458. The quantitative estimate of drug-likeness (QED) is 0.844. The molecule has 0 saturated heterocycles. The fourth-order valence-corrected chi connectivity index (χ4v) is 1.62. The van der Waals surface area contributed by atoms with Crippen LogP contribution in [0.5, 0.6) is 5.88 Å². The fourth-order valence-electron chi connectivity index (χ4n) is 1.62. The summed E-state index contributed by atoms with van der Waals surface area (Å²) in [6, 6.07) is 3.74. The van der Waals surface area contributed by atoms with E-state index in [1.807, 2.05) is 46.8 Å². The zero-order valence-corrected chi connectivity index (χ0v) is 13.4. The third-order valence-electron chi connectivity index (χ3n) is 2.41. The molecule has 1 amide bonds. The third kappa shape index (κ3) is 6.83. The molecule has 1 rings (SSSR count). The topological polar surface area (TPSA) is 72.5 Å². The van der Waals surface area contributed by atoms with Crippen LogP contribution in [0, 0.1) is 0 Å². The number of carbonyl (C=O) groups is 1. The minimum atomic E-state index is -0.494. The summed E-state index contributed by atoms with van der Waals surface area (Å²) in [5.74, 6) is 0.559. The summed E-state index contributed by atoms with van der Waals surface area (Å²) < 4.78 is 10.6. The lowest BCUT2D eigenvalue weighted by Gasteiger charge is -2.21. The molecule has 6 nitrogen and oxygen atoms in total. The van der Waals surface area contributed by atoms with Gasteiger partial charge in [0.1, 0.15) is 5.60 Å². The van der Waals surface area contributed by atoms with Gasteiger partial charge in [0.05, 0.1) is 12.3 Å². The number of aromatic nitrogens is 1. The van der Waals surface area contributed by atoms with Crippen LogP contribution < -0.4 is 15.4 Å². The predicted octanol–water partition coefficient (Wildman–Crippen LogP) is 2.81. The van der Waals surface area contributed by atoms with E-state index in [0.29, 0.717) is 19.0 Å². The van der Waals surface area contributed by atoms with Gasteiger partial charge in [-0.3, -0.25) is 0 Å². The van der Waals surface area contributed by atoms with Crippen LogP contribution in [0.15, 0.2) is 18.3 Å². The van der Waals surface area contributed by atoms with E-state index in [2.05, 4.69) is 15.6 Å². The monoisotopic (exact) mass is 295 g/mol. The van der Waals surface area contributed by atoms with Crippen LogP contribution >= 0.6 is 0 Å². The maximum absolute atomic E-state index is 11.6. The second kappa shape index (κ2) is 7.71. The van der Waals surface area contributed by atoms with Gasteiger partial charge in [-0.2, -0.15) is 0 Å². The Labute approximate surface area is 126 Å². The lowest BCUT2D eigenvalue weighted by atomic mass is 10.2. The van der Waals surface area contributed by atoms with E-state index in [1.54, 1.807) is 6.20 Å². The molecule has 0 aromatic carbocycles. The number of hydrogen-bond donors (Lipinski definition) is 2. The average molecular weight is 295 g/mol. The van der Waals surface area contributed by atoms with Crippen molar-refractivity contribution in [1.29, 1.82) is 0 Å². The van der Waals surface area contributed by atoms with Crippen LogP contribution in [0.25, 0.3) is 0 Å². The van der Waals surface area contributed by atoms with E-state index in [4.69, 9.17) is 9.47 Å². The molecule has 0 aliphatic rings. The number of nitrogens with zero attached hydrogens (tertiary/aromatic N) is 1. The Morgan fingerprint density at radius 2 is 2.14 bits per heavy atom. The lowest BCUT2D eigenvalue weighted by molar-refractivity contribution is 0.0526. The van der Waals surface area contributed by atoms with Crippen LogP contribution in [0.1, 0.15) is 34.6 Å². The van der Waals surface area contributed by atoms with E-state index >= 15 is 0 Å². The standard InChI is InChI=1S/C15H25N3O3/c1-6-20-13-12(8-7-9-16-13)18-11(2)10-17-14(19)21-15(3,4)5/h7-9,11,18H,6,10H2,1-5H3,(H,17,19). The molecule has 0 radical (unpaired) electrons. The van der Waals surface area contributed by atoms with Crippen LogP contribution in [0.2, 0.25) is 0 Å². The number of alkyl carbamates (subject to hydrolysis) is 1. The molecular formula is C15H25N3O3. The molecule has 0 spiro atoms. The van der Waals surface area contributed by atoms with Gasteiger partial charge in [0.25, 0.3) is 0 Å². The van der Waals surface area contributed by atoms with Crippen LogP contribution in [-0.2, 0) is 4.74 Å². The SMILES string of the molecule is CCOc1ncccc1NC(C)CNC(=O)OC(C)(C)C. The molecule has 1 atom stereocenters. The first kappa shape index (κ1) is 17.1. The van der Waals surface area contributed by atoms with E-state index in [9.17, 15) is 4.79 Å². The van der Waals surface area contributed by atoms with Crippen molar-refractivity contribution < 1.29 is 14.3 Å². The van der Waals surface area contributed by atoms with Crippen LogP contribution in [0.4, 0.5) is 10.5 Å². The summed E-state index contributed by atoms with van der Waals surface area (Å²) in [4.78, 5) is 15.8. The smallest absolute Gasteiger partial charge is 0.407 e. The molecule has 0 aliphatic carbocycles. The summed E-state index contributed by atoms with van der Waals surface area (Å²) in [5, 5.41) is 5.98. The lowest BCUT2D eigenvalue weighted by Crippen LogP contribution is -2.38. The highest BCUT2D eigenvalue weighted by Gasteiger charge is 2.16. The van der Waals surface area contributed by atoms with E-state index < -0.39 is 11.7 Å². The molecule has 2 N–H and O–H groups in total. The molecule has 0 bridgehead atoms. The van der Waals surface area contributed by atoms with Gasteiger partial charge < -0.3 is 20.1 Å². The van der Waals surface area contributed by atoms with Crippen molar-refractivity contribution >= 4 is 11.8 Å². The first-order valence-electron chi connectivity index (χ1n) is 7.13. The van der Waals surface area contributed by atoms with Crippen molar-refractivity contribution in [3.63, 3.8) is 0 Å². The van der Waals surface area contributed by atoms with Gasteiger partial charge >= 0.3 is 6.09 Å². The highest BCUT2D eigenvalue weighted by Crippen LogP contribution is 2.21. The number of anilines is 1. The van der Waals surface area contributed by atoms with Crippen molar-refractivity contribution in [2.45, 2.75) is 46.3 Å². The first-order valence-corrected chi connectivity index (χ1v) is 7.13. The average Bonchev–Trinajstić information content (AvgIpc) is 2.37. The van der Waals surface area contributed by atoms with Crippen LogP contribution in [0.3, 0.4) is 0 Å². The highest BCUT2D eigenvalue weighted by molar-refractivity contribution is 5.67. The zero-order valence-electron chi connectivity index (χ0n) is 13.4. The maximum Gasteiger partial charge on any atom is 0.407 e. The number of rotatable bonds is 6. The molecule has 1 aromatic rings. The van der Waals surface area contributed by atoms with Gasteiger partial charge in [-0.05, 0) is 46.8 Å². The summed E-state index contributed by atoms with van der Waals surface area (Å²) in [6.45, 7) is 10.4. The van der Waals surface area contributed by atoms with Crippen LogP contribution in [-0.4, -0.2) is 35.9 Å². The number of carbonyl (C=O) groups excluding carboxylic acids is 1. The van der Waals surface area contributed by atoms with Crippen molar-refractivity contribution in [2.75, 3.05) is 18.5 Å². The van der Waals surface area contributed by atoms with Crippen molar-refractivity contribution in [3.8, 4) is 5.88 Å². The number of ether oxygens (including phenoxy) is 2. The molecular weight excluding hydrogens is 270 g/mol. The number of amides is 1. The number of hydrogen-bond acceptors (Lipinski definition) is 5. The Morgan fingerprint density at radius 1 is 1.43 bits per heavy atom. The Balaban J connectivity index is 2.47. The molecule has 1 aromatic heterocycles. The summed E-state index contributed by atoms with van der Waals surface area (Å²) >= 11 is 0. The highest BCUT2D eigenvalue weighted by atomic mass is 16.6. The Kier molecular flexibility index (Phi) is 6.27. The number of nitrogens with one attached hydrogen (secondary N) is 2. The largest absolute Gasteiger partial charge is 0.476 e. The molecule has 1 unspecified atom stereocenters. The molecule has 21 heavy (non-hydrogen) atoms. The van der Waals surface area contributed by atoms with Gasteiger partial charge in [0, 0.05) is 18.8 Å². The summed E-state index contributed by atoms with van der Waals surface area (Å²) in [7, 11) is 0. The van der Waals surface area contributed by atoms with E-state index in [-0.39, 0.29) is 6.04 Å². The van der Waals surface area contributed by atoms with E-state index in [0.717, 1.165) is 5.69 Å². The Hall–Kier alpha value is -1.98. The molecule has 0 saturated carbocycles. The number of pyridine rings is 1. The zero-order chi connectivity index (χ0) is 15.9. The minimum absolute atomic E-state index is 0.0147. The predicted molar refractivity (Wildman–Crippen MR) is 82.7 cm³/mol. The van der Waals surface area contributed by atoms with Gasteiger partial charge in [0.2, 0.25) is 5.88 Å². The summed E-state index contributed by atoms with van der Waals surface area (Å²) in [5.41, 5.74) is 0.310. The van der Waals surface area contributed by atoms with Gasteiger partial charge in [-0.25, -0.2) is 9.78 Å². The molecule has 6 heteroatoms. The van der Waals surface area contributed by atoms with Gasteiger partial charge in [0.15, 0.2) is 0 Å². The van der Waals surface area contributed by atoms with Gasteiger partial charge in [-0.15, -0.1) is 0 Å². The minimum Gasteiger partial charge on any atom is -0.476 e. The van der Waals surface area contributed by atoms with Crippen molar-refractivity contribution in [1.82, 2.24) is 10.3 Å². The van der Waals surface area contributed by atoms with Crippen molar-refractivity contribution in [3.05, 3.63) is 18.3 Å². The summed E-state index contributed by atoms with van der Waals surface area (Å²) in [6.07, 6.45) is 1.26. The fraction of sp³-hybridized carbons (Fsp3) is 0.600. The Morgan fingerprint density at radius 3 is 2.76 bits per heavy atom. The van der Waals surface area contributed by atoms with E-state index in [1.165, 1.54) is 0 Å². The second-order valence-electron chi connectivity index (χ2n) is 5.72. The third-order valence-corrected chi connectivity index (χ3v) is 2.41.